The number of anilines is 1. The number of carbonyl (C=O) groups excluding carboxylic acids is 3. The van der Waals surface area contributed by atoms with E-state index in [4.69, 9.17) is 0 Å². The fraction of sp³-hybridized carbons (Fsp3) is 0.207. The van der Waals surface area contributed by atoms with Gasteiger partial charge >= 0.3 is 0 Å². The van der Waals surface area contributed by atoms with E-state index in [0.29, 0.717) is 36.2 Å². The van der Waals surface area contributed by atoms with Gasteiger partial charge in [-0.15, -0.1) is 0 Å². The Labute approximate surface area is 218 Å². The minimum Gasteiger partial charge on any atom is -0.362 e. The van der Waals surface area contributed by atoms with E-state index in [1.165, 1.54) is 11.0 Å². The van der Waals surface area contributed by atoms with Crippen LogP contribution in [0.25, 0.3) is 17.7 Å². The first kappa shape index (κ1) is 25.1. The van der Waals surface area contributed by atoms with Gasteiger partial charge in [-0.1, -0.05) is 30.4 Å². The first-order valence-electron chi connectivity index (χ1n) is 12.4. The molecule has 0 bridgehead atoms. The van der Waals surface area contributed by atoms with Gasteiger partial charge in [0.15, 0.2) is 11.6 Å². The van der Waals surface area contributed by atoms with E-state index < -0.39 is 17.6 Å². The Morgan fingerprint density at radius 3 is 2.76 bits per heavy atom. The van der Waals surface area contributed by atoms with E-state index in [1.54, 1.807) is 18.3 Å². The molecule has 3 aromatic rings. The molecule has 5 rings (SSSR count). The highest BCUT2D eigenvalue weighted by Crippen LogP contribution is 2.34. The molecule has 3 N–H and O–H groups in total. The molecule has 2 aliphatic rings. The second-order valence-corrected chi connectivity index (χ2v) is 9.29. The fourth-order valence-corrected chi connectivity index (χ4v) is 4.73. The van der Waals surface area contributed by atoms with Crippen molar-refractivity contribution in [3.8, 4) is 0 Å². The SMILES string of the molecule is O=C1Nc2cc(/C=C/CNC(=O)C3CCCN(Cc4ccc(F)c(F)c4)C3=O)ccc2C1=Cc1ccc[nH]1. The lowest BCUT2D eigenvalue weighted by atomic mass is 9.95. The van der Waals surface area contributed by atoms with Gasteiger partial charge in [0.2, 0.25) is 11.8 Å². The van der Waals surface area contributed by atoms with Crippen LogP contribution in [0, 0.1) is 17.6 Å². The number of piperidine rings is 1. The lowest BCUT2D eigenvalue weighted by molar-refractivity contribution is -0.145. The summed E-state index contributed by atoms with van der Waals surface area (Å²) in [7, 11) is 0. The number of fused-ring (bicyclic) bond motifs is 1. The molecule has 194 valence electrons. The number of nitrogens with zero attached hydrogens (tertiary/aromatic N) is 1. The first-order valence-corrected chi connectivity index (χ1v) is 12.4. The van der Waals surface area contributed by atoms with E-state index in [9.17, 15) is 23.2 Å². The molecule has 1 aromatic heterocycles. The van der Waals surface area contributed by atoms with Crippen LogP contribution in [0.4, 0.5) is 14.5 Å². The molecule has 2 aromatic carbocycles. The maximum atomic E-state index is 13.5. The minimum atomic E-state index is -0.965. The number of aromatic amines is 1. The number of rotatable bonds is 7. The molecule has 9 heteroatoms. The molecule has 7 nitrogen and oxygen atoms in total. The maximum absolute atomic E-state index is 13.5. The van der Waals surface area contributed by atoms with Gasteiger partial charge < -0.3 is 20.5 Å². The highest BCUT2D eigenvalue weighted by Gasteiger charge is 2.34. The van der Waals surface area contributed by atoms with Gasteiger partial charge in [-0.3, -0.25) is 14.4 Å². The van der Waals surface area contributed by atoms with Crippen molar-refractivity contribution in [3.05, 3.63) is 94.8 Å². The fourth-order valence-electron chi connectivity index (χ4n) is 4.73. The van der Waals surface area contributed by atoms with Crippen molar-refractivity contribution >= 4 is 41.1 Å². The quantitative estimate of drug-likeness (QED) is 0.322. The summed E-state index contributed by atoms with van der Waals surface area (Å²) in [5, 5.41) is 5.66. The zero-order chi connectivity index (χ0) is 26.6. The monoisotopic (exact) mass is 516 g/mol. The van der Waals surface area contributed by atoms with Crippen LogP contribution in [0.3, 0.4) is 0 Å². The van der Waals surface area contributed by atoms with Gasteiger partial charge in [-0.05, 0) is 60.4 Å². The van der Waals surface area contributed by atoms with Crippen LogP contribution in [0.5, 0.6) is 0 Å². The van der Waals surface area contributed by atoms with E-state index in [1.807, 2.05) is 36.4 Å². The first-order chi connectivity index (χ1) is 18.4. The number of hydrogen-bond donors (Lipinski definition) is 3. The van der Waals surface area contributed by atoms with Crippen LogP contribution in [0.1, 0.15) is 35.2 Å². The largest absolute Gasteiger partial charge is 0.362 e. The van der Waals surface area contributed by atoms with Crippen molar-refractivity contribution < 1.29 is 23.2 Å². The number of carbonyl (C=O) groups is 3. The van der Waals surface area contributed by atoms with Crippen LogP contribution >= 0.6 is 0 Å². The number of nitrogens with one attached hydrogen (secondary N) is 3. The lowest BCUT2D eigenvalue weighted by Crippen LogP contribution is -2.47. The summed E-state index contributed by atoms with van der Waals surface area (Å²) in [6, 6.07) is 12.9. The van der Waals surface area contributed by atoms with E-state index in [0.717, 1.165) is 29.0 Å². The standard InChI is InChI=1S/C29H26F2N4O3/c30-24-10-8-19(14-25(24)31)17-35-13-3-6-22(29(35)38)27(36)33-12-1-4-18-7-9-21-23(16-20-5-2-11-32-20)28(37)34-26(21)15-18/h1-2,4-5,7-11,14-16,22,32H,3,6,12-13,17H2,(H,33,36)(H,34,37)/b4-1+,23-16?. The van der Waals surface area contributed by atoms with Gasteiger partial charge in [0.05, 0.1) is 5.57 Å². The molecule has 38 heavy (non-hydrogen) atoms. The zero-order valence-electron chi connectivity index (χ0n) is 20.5. The van der Waals surface area contributed by atoms with Crippen molar-refractivity contribution in [1.82, 2.24) is 15.2 Å². The average molecular weight is 517 g/mol. The molecule has 1 unspecified atom stereocenters. The number of benzene rings is 2. The van der Waals surface area contributed by atoms with Crippen molar-refractivity contribution in [2.45, 2.75) is 19.4 Å². The van der Waals surface area contributed by atoms with E-state index >= 15 is 0 Å². The Kier molecular flexibility index (Phi) is 7.17. The van der Waals surface area contributed by atoms with Crippen LogP contribution in [0.15, 0.2) is 60.8 Å². The van der Waals surface area contributed by atoms with Gasteiger partial charge in [0.1, 0.15) is 5.92 Å². The smallest absolute Gasteiger partial charge is 0.256 e. The summed E-state index contributed by atoms with van der Waals surface area (Å²) >= 11 is 0. The molecule has 3 heterocycles. The molecule has 0 spiro atoms. The Balaban J connectivity index is 1.16. The Morgan fingerprint density at radius 1 is 1.11 bits per heavy atom. The van der Waals surface area contributed by atoms with Crippen molar-refractivity contribution in [3.63, 3.8) is 0 Å². The molecule has 3 amide bonds. The number of aromatic nitrogens is 1. The van der Waals surface area contributed by atoms with Gasteiger partial charge in [0.25, 0.3) is 5.91 Å². The summed E-state index contributed by atoms with van der Waals surface area (Å²) in [5.41, 5.74) is 4.28. The third-order valence-electron chi connectivity index (χ3n) is 6.66. The molecule has 0 radical (unpaired) electrons. The highest BCUT2D eigenvalue weighted by molar-refractivity contribution is 6.34. The van der Waals surface area contributed by atoms with Crippen LogP contribution in [-0.2, 0) is 20.9 Å². The van der Waals surface area contributed by atoms with Crippen molar-refractivity contribution in [2.24, 2.45) is 5.92 Å². The normalized spacial score (nSPS) is 18.2. The van der Waals surface area contributed by atoms with Crippen LogP contribution in [-0.4, -0.2) is 40.7 Å². The number of amides is 3. The zero-order valence-corrected chi connectivity index (χ0v) is 20.5. The lowest BCUT2D eigenvalue weighted by Gasteiger charge is -2.31. The molecule has 2 aliphatic heterocycles. The Morgan fingerprint density at radius 2 is 1.97 bits per heavy atom. The Hall–Kier alpha value is -4.53. The third kappa shape index (κ3) is 5.41. The molecule has 0 aliphatic carbocycles. The number of hydrogen-bond acceptors (Lipinski definition) is 3. The predicted molar refractivity (Wildman–Crippen MR) is 140 cm³/mol. The number of likely N-dealkylation sites (tertiary alicyclic amines) is 1. The maximum Gasteiger partial charge on any atom is 0.256 e. The molecule has 0 saturated carbocycles. The summed E-state index contributed by atoms with van der Waals surface area (Å²) in [6.07, 6.45) is 8.28. The van der Waals surface area contributed by atoms with Gasteiger partial charge in [0, 0.05) is 42.8 Å². The second kappa shape index (κ2) is 10.8. The van der Waals surface area contributed by atoms with Gasteiger partial charge in [-0.2, -0.15) is 0 Å². The van der Waals surface area contributed by atoms with Crippen LogP contribution < -0.4 is 10.6 Å². The molecule has 1 atom stereocenters. The third-order valence-corrected chi connectivity index (χ3v) is 6.66. The number of H-pyrrole nitrogens is 1. The highest BCUT2D eigenvalue weighted by atomic mass is 19.2. The van der Waals surface area contributed by atoms with Crippen molar-refractivity contribution in [2.75, 3.05) is 18.4 Å². The second-order valence-electron chi connectivity index (χ2n) is 9.29. The molecule has 1 saturated heterocycles. The topological polar surface area (TPSA) is 94.3 Å². The van der Waals surface area contributed by atoms with Crippen LogP contribution in [0.2, 0.25) is 0 Å². The van der Waals surface area contributed by atoms with Crippen molar-refractivity contribution in [1.29, 1.82) is 0 Å². The van der Waals surface area contributed by atoms with E-state index in [2.05, 4.69) is 15.6 Å². The number of halogens is 2. The molecular formula is C29H26F2N4O3. The molecule has 1 fully saturated rings. The summed E-state index contributed by atoms with van der Waals surface area (Å²) < 4.78 is 26.7. The van der Waals surface area contributed by atoms with Gasteiger partial charge in [-0.25, -0.2) is 8.78 Å². The summed E-state index contributed by atoms with van der Waals surface area (Å²) in [5.74, 6) is -3.58. The minimum absolute atomic E-state index is 0.122. The average Bonchev–Trinajstić information content (AvgIpc) is 3.53. The summed E-state index contributed by atoms with van der Waals surface area (Å²) in [4.78, 5) is 42.6. The van der Waals surface area contributed by atoms with E-state index in [-0.39, 0.29) is 30.8 Å². The Bertz CT molecular complexity index is 1450. The molecular weight excluding hydrogens is 490 g/mol. The predicted octanol–water partition coefficient (Wildman–Crippen LogP) is 4.35. The summed E-state index contributed by atoms with van der Waals surface area (Å²) in [6.45, 7) is 0.808.